The van der Waals surface area contributed by atoms with E-state index in [1.54, 1.807) is 0 Å². The molecular weight excluding hydrogens is 139 g/mol. The van der Waals surface area contributed by atoms with Crippen LogP contribution in [0.4, 0.5) is 0 Å². The summed E-state index contributed by atoms with van der Waals surface area (Å²) in [6.07, 6.45) is 0. The fourth-order valence-electron chi connectivity index (χ4n) is 0. The monoisotopic (exact) mass is 148 g/mol. The van der Waals surface area contributed by atoms with Gasteiger partial charge < -0.3 is 0 Å². The second kappa shape index (κ2) is 8.82. The molecule has 0 aromatic carbocycles. The molecule has 0 aliphatic carbocycles. The Bertz CT molecular complexity index is 6.00. The Morgan fingerprint density at radius 1 is 1.25 bits per heavy atom. The van der Waals surface area contributed by atoms with Crippen LogP contribution in [0.25, 0.3) is 0 Å². The third kappa shape index (κ3) is 9.76. The van der Waals surface area contributed by atoms with Gasteiger partial charge in [0.1, 0.15) is 0 Å². The summed E-state index contributed by atoms with van der Waals surface area (Å²) in [4.78, 5) is 0. The zero-order valence-corrected chi connectivity index (χ0v) is 7.46. The van der Waals surface area contributed by atoms with Gasteiger partial charge in [-0.15, -0.1) is 0 Å². The van der Waals surface area contributed by atoms with Crippen molar-refractivity contribution in [1.82, 2.24) is 0 Å². The molecule has 0 heterocycles. The summed E-state index contributed by atoms with van der Waals surface area (Å²) in [5, 5.41) is 0. The van der Waals surface area contributed by atoms with Crippen LogP contribution < -0.4 is 0 Å². The predicted octanol–water partition coefficient (Wildman–Crippen LogP) is -3.55. The summed E-state index contributed by atoms with van der Waals surface area (Å²) in [5.41, 5.74) is 0. The summed E-state index contributed by atoms with van der Waals surface area (Å²) < 4.78 is 0. The maximum atomic E-state index is 1.53. The Morgan fingerprint density at radius 3 is 1.25 bits per heavy atom. The van der Waals surface area contributed by atoms with Gasteiger partial charge in [0.15, 0.2) is 17.4 Å². The number of hydrogen-bond acceptors (Lipinski definition) is 0. The van der Waals surface area contributed by atoms with Crippen LogP contribution in [0.2, 0.25) is 0 Å². The Labute approximate surface area is 48.8 Å². The first kappa shape index (κ1) is 9.08. The van der Waals surface area contributed by atoms with Crippen LogP contribution >= 0.6 is 0 Å². The molecule has 0 aromatic heterocycles. The molecule has 0 amide bonds. The molecule has 0 aliphatic rings. The number of hydrogen-bond donors (Lipinski definition) is 0. The molecule has 0 nitrogen and oxygen atoms in total. The third-order valence-corrected chi connectivity index (χ3v) is 0. The minimum atomic E-state index is 0. The molecule has 0 unspecified atom stereocenters. The first-order valence-corrected chi connectivity index (χ1v) is 8.75. The van der Waals surface area contributed by atoms with Crippen molar-refractivity contribution < 1.29 is 13.7 Å². The molecule has 0 rings (SSSR count). The van der Waals surface area contributed by atoms with Crippen LogP contribution in [0.15, 0.2) is 0 Å². The van der Waals surface area contributed by atoms with Crippen molar-refractivity contribution >= 4 is 35.1 Å². The van der Waals surface area contributed by atoms with Crippen molar-refractivity contribution in [2.24, 2.45) is 0 Å². The second-order valence-corrected chi connectivity index (χ2v) is 13.1. The Balaban J connectivity index is 0. The van der Waals surface area contributed by atoms with Gasteiger partial charge in [-0.25, -0.2) is 0 Å². The van der Waals surface area contributed by atoms with E-state index in [-0.39, 0.29) is 17.4 Å². The van der Waals surface area contributed by atoms with Gasteiger partial charge in [0.2, 0.25) is 0 Å². The zero-order valence-electron chi connectivity index (χ0n) is 2.35. The van der Waals surface area contributed by atoms with Crippen LogP contribution in [0.3, 0.4) is 0 Å². The quantitative estimate of drug-likeness (QED) is 0.312. The normalized spacial score (nSPS) is 7.00. The van der Waals surface area contributed by atoms with Crippen molar-refractivity contribution in [3.63, 3.8) is 0 Å². The molecule has 0 aromatic rings. The first-order chi connectivity index (χ1) is 1.41. The van der Waals surface area contributed by atoms with Gasteiger partial charge in [-0.3, -0.25) is 0 Å². The standard InChI is InChI=1S/Al.Fe.2H3Si.3H/h;;2*1H3;;;. The SMILES string of the molecule is [AlH3].[SiH3][Fe][SiH3]. The van der Waals surface area contributed by atoms with Crippen molar-refractivity contribution in [3.05, 3.63) is 0 Å². The molecule has 0 fully saturated rings. The molecule has 0 N–H and O–H groups in total. The van der Waals surface area contributed by atoms with Gasteiger partial charge in [-0.05, 0) is 0 Å². The fourth-order valence-corrected chi connectivity index (χ4v) is 0. The van der Waals surface area contributed by atoms with Crippen LogP contribution in [0.1, 0.15) is 0 Å². The Kier molecular flexibility index (Phi) is 20.0. The van der Waals surface area contributed by atoms with Gasteiger partial charge in [0.05, 0.1) is 0 Å². The van der Waals surface area contributed by atoms with E-state index in [9.17, 15) is 0 Å². The van der Waals surface area contributed by atoms with Gasteiger partial charge in [-0.2, -0.15) is 0 Å². The summed E-state index contributed by atoms with van der Waals surface area (Å²) in [5.74, 6) is 0. The molecule has 0 saturated carbocycles. The van der Waals surface area contributed by atoms with Gasteiger partial charge in [0, 0.05) is 0 Å². The van der Waals surface area contributed by atoms with Crippen LogP contribution in [0.5, 0.6) is 0 Å². The second-order valence-electron chi connectivity index (χ2n) is 0.354. The van der Waals surface area contributed by atoms with E-state index in [0.29, 0.717) is 0 Å². The molecule has 0 spiro atoms. The van der Waals surface area contributed by atoms with E-state index in [1.165, 1.54) is 31.4 Å². The van der Waals surface area contributed by atoms with Crippen LogP contribution in [-0.2, 0) is 13.7 Å². The molecule has 4 heavy (non-hydrogen) atoms. The molecule has 0 atom stereocenters. The molecule has 0 saturated heterocycles. The first-order valence-electron chi connectivity index (χ1n) is 0.707. The molecule has 28 valence electrons. The van der Waals surface area contributed by atoms with Crippen molar-refractivity contribution in [2.45, 2.75) is 0 Å². The minimum absolute atomic E-state index is 0. The van der Waals surface area contributed by atoms with E-state index in [2.05, 4.69) is 0 Å². The molecule has 0 radical (unpaired) electrons. The predicted molar refractivity (Wildman–Crippen MR) is 29.8 cm³/mol. The maximum absolute atomic E-state index is 1.53. The van der Waals surface area contributed by atoms with Crippen LogP contribution in [0, 0.1) is 0 Å². The zero-order chi connectivity index (χ0) is 2.71. The summed E-state index contributed by atoms with van der Waals surface area (Å²) in [7, 11) is 2.86. The van der Waals surface area contributed by atoms with Crippen LogP contribution in [-0.4, -0.2) is 35.1 Å². The summed E-state index contributed by atoms with van der Waals surface area (Å²) in [6, 6.07) is 0. The summed E-state index contributed by atoms with van der Waals surface area (Å²) >= 11 is 1.53. The molecule has 0 aliphatic heterocycles. The van der Waals surface area contributed by atoms with Gasteiger partial charge >= 0.3 is 31.4 Å². The van der Waals surface area contributed by atoms with E-state index in [1.807, 2.05) is 0 Å². The fraction of sp³-hybridized carbons (Fsp3) is 0. The van der Waals surface area contributed by atoms with E-state index >= 15 is 0 Å². The molecule has 4 heteroatoms. The van der Waals surface area contributed by atoms with E-state index in [4.69, 9.17) is 0 Å². The Morgan fingerprint density at radius 2 is 1.25 bits per heavy atom. The third-order valence-electron chi connectivity index (χ3n) is 0. The van der Waals surface area contributed by atoms with Gasteiger partial charge in [-0.1, -0.05) is 0 Å². The molecule has 0 bridgehead atoms. The van der Waals surface area contributed by atoms with E-state index in [0.717, 1.165) is 0 Å². The van der Waals surface area contributed by atoms with Crippen molar-refractivity contribution in [1.29, 1.82) is 0 Å². The summed E-state index contributed by atoms with van der Waals surface area (Å²) in [6.45, 7) is 0. The molecular formula is H9AlFeSi2. The average molecular weight is 148 g/mol. The average Bonchev–Trinajstić information content (AvgIpc) is 0.918. The van der Waals surface area contributed by atoms with Crippen molar-refractivity contribution in [3.8, 4) is 0 Å². The Hall–Kier alpha value is 1.49. The van der Waals surface area contributed by atoms with E-state index < -0.39 is 0 Å². The topological polar surface area (TPSA) is 0 Å². The number of rotatable bonds is 0. The van der Waals surface area contributed by atoms with Gasteiger partial charge in [0.25, 0.3) is 0 Å². The van der Waals surface area contributed by atoms with Crippen molar-refractivity contribution in [2.75, 3.05) is 0 Å².